The second kappa shape index (κ2) is 6.22. The number of aromatic hydroxyl groups is 1. The van der Waals surface area contributed by atoms with Crippen molar-refractivity contribution in [3.8, 4) is 5.75 Å². The molecule has 0 aliphatic carbocycles. The van der Waals surface area contributed by atoms with Crippen molar-refractivity contribution in [2.75, 3.05) is 6.54 Å². The molecule has 24 heavy (non-hydrogen) atoms. The van der Waals surface area contributed by atoms with Crippen molar-refractivity contribution in [3.05, 3.63) is 39.7 Å². The van der Waals surface area contributed by atoms with Crippen LogP contribution in [0.1, 0.15) is 44.7 Å². The zero-order valence-corrected chi connectivity index (χ0v) is 14.5. The van der Waals surface area contributed by atoms with E-state index in [9.17, 15) is 15.0 Å². The van der Waals surface area contributed by atoms with Crippen LogP contribution < -0.4 is 5.63 Å². The van der Waals surface area contributed by atoms with Gasteiger partial charge in [0.15, 0.2) is 0 Å². The van der Waals surface area contributed by atoms with Crippen LogP contribution in [0.3, 0.4) is 0 Å². The Morgan fingerprint density at radius 1 is 1.29 bits per heavy atom. The third kappa shape index (κ3) is 3.19. The van der Waals surface area contributed by atoms with Gasteiger partial charge in [0.2, 0.25) is 0 Å². The molecule has 1 fully saturated rings. The molecule has 1 aliphatic rings. The fourth-order valence-corrected chi connectivity index (χ4v) is 3.76. The van der Waals surface area contributed by atoms with Crippen LogP contribution in [-0.4, -0.2) is 33.3 Å². The minimum atomic E-state index is -0.779. The molecule has 0 amide bonds. The molecule has 0 spiro atoms. The molecule has 130 valence electrons. The summed E-state index contributed by atoms with van der Waals surface area (Å²) in [7, 11) is 0. The van der Waals surface area contributed by atoms with E-state index in [1.807, 2.05) is 26.8 Å². The lowest BCUT2D eigenvalue weighted by molar-refractivity contribution is -0.00492. The second-order valence-electron chi connectivity index (χ2n) is 7.20. The van der Waals surface area contributed by atoms with Crippen LogP contribution in [0.4, 0.5) is 0 Å². The highest BCUT2D eigenvalue weighted by Crippen LogP contribution is 2.31. The maximum atomic E-state index is 11.9. The molecule has 1 atom stereocenters. The van der Waals surface area contributed by atoms with E-state index in [0.29, 0.717) is 18.5 Å². The van der Waals surface area contributed by atoms with Crippen molar-refractivity contribution in [2.24, 2.45) is 0 Å². The third-order valence-corrected chi connectivity index (χ3v) is 4.96. The van der Waals surface area contributed by atoms with Crippen LogP contribution in [0.25, 0.3) is 11.0 Å². The molecule has 1 unspecified atom stereocenters. The molecule has 1 aromatic carbocycles. The predicted octanol–water partition coefficient (Wildman–Crippen LogP) is 2.80. The van der Waals surface area contributed by atoms with Crippen LogP contribution in [0.5, 0.6) is 5.75 Å². The monoisotopic (exact) mass is 331 g/mol. The second-order valence-corrected chi connectivity index (χ2v) is 7.20. The summed E-state index contributed by atoms with van der Waals surface area (Å²) in [5.74, 6) is 0.154. The minimum Gasteiger partial charge on any atom is -0.508 e. The number of hydrogen-bond acceptors (Lipinski definition) is 5. The zero-order chi connectivity index (χ0) is 17.5. The Hall–Kier alpha value is -1.85. The molecule has 0 saturated carbocycles. The summed E-state index contributed by atoms with van der Waals surface area (Å²) in [5, 5.41) is 21.3. The average molecular weight is 331 g/mol. The number of nitrogens with zero attached hydrogens (tertiary/aromatic N) is 1. The highest BCUT2D eigenvalue weighted by molar-refractivity contribution is 5.82. The summed E-state index contributed by atoms with van der Waals surface area (Å²) in [6, 6.07) is 5.02. The SMILES string of the molecule is CCc1cc2c(CN3CCCC3C(C)(C)O)cc(=O)oc2cc1O. The quantitative estimate of drug-likeness (QED) is 0.843. The first-order chi connectivity index (χ1) is 11.3. The van der Waals surface area contributed by atoms with Gasteiger partial charge in [-0.25, -0.2) is 4.79 Å². The van der Waals surface area contributed by atoms with Gasteiger partial charge >= 0.3 is 5.63 Å². The van der Waals surface area contributed by atoms with Gasteiger partial charge in [0.25, 0.3) is 0 Å². The highest BCUT2D eigenvalue weighted by Gasteiger charge is 2.35. The zero-order valence-electron chi connectivity index (χ0n) is 14.5. The average Bonchev–Trinajstić information content (AvgIpc) is 2.94. The summed E-state index contributed by atoms with van der Waals surface area (Å²) >= 11 is 0. The molecule has 2 aromatic rings. The van der Waals surface area contributed by atoms with E-state index in [-0.39, 0.29) is 11.8 Å². The summed E-state index contributed by atoms with van der Waals surface area (Å²) in [6.07, 6.45) is 2.69. The van der Waals surface area contributed by atoms with E-state index in [0.717, 1.165) is 35.9 Å². The van der Waals surface area contributed by atoms with Gasteiger partial charge in [-0.15, -0.1) is 0 Å². The van der Waals surface area contributed by atoms with Crippen LogP contribution in [-0.2, 0) is 13.0 Å². The van der Waals surface area contributed by atoms with Gasteiger partial charge < -0.3 is 14.6 Å². The van der Waals surface area contributed by atoms with Crippen molar-refractivity contribution in [3.63, 3.8) is 0 Å². The van der Waals surface area contributed by atoms with Crippen molar-refractivity contribution in [1.29, 1.82) is 0 Å². The van der Waals surface area contributed by atoms with Gasteiger partial charge in [0.1, 0.15) is 11.3 Å². The summed E-state index contributed by atoms with van der Waals surface area (Å²) in [5.41, 5.74) is 0.926. The molecular formula is C19H25NO4. The molecular weight excluding hydrogens is 306 g/mol. The van der Waals surface area contributed by atoms with Crippen molar-refractivity contribution in [2.45, 2.75) is 58.2 Å². The number of rotatable bonds is 4. The molecule has 1 aliphatic heterocycles. The minimum absolute atomic E-state index is 0.0718. The number of likely N-dealkylation sites (tertiary alicyclic amines) is 1. The third-order valence-electron chi connectivity index (χ3n) is 4.96. The van der Waals surface area contributed by atoms with E-state index >= 15 is 0 Å². The Morgan fingerprint density at radius 2 is 2.04 bits per heavy atom. The largest absolute Gasteiger partial charge is 0.508 e. The molecule has 2 heterocycles. The Labute approximate surface area is 141 Å². The van der Waals surface area contributed by atoms with Gasteiger partial charge in [0, 0.05) is 30.1 Å². The van der Waals surface area contributed by atoms with Crippen LogP contribution in [0.15, 0.2) is 27.4 Å². The topological polar surface area (TPSA) is 73.9 Å². The number of aliphatic hydroxyl groups is 1. The molecule has 5 heteroatoms. The maximum absolute atomic E-state index is 11.9. The number of phenolic OH excluding ortho intramolecular Hbond substituents is 1. The van der Waals surface area contributed by atoms with Gasteiger partial charge in [0.05, 0.1) is 5.60 Å². The van der Waals surface area contributed by atoms with Crippen molar-refractivity contribution >= 4 is 11.0 Å². The van der Waals surface area contributed by atoms with E-state index in [1.165, 1.54) is 12.1 Å². The van der Waals surface area contributed by atoms with Crippen LogP contribution in [0.2, 0.25) is 0 Å². The first-order valence-corrected chi connectivity index (χ1v) is 8.54. The van der Waals surface area contributed by atoms with E-state index in [4.69, 9.17) is 4.42 Å². The summed E-state index contributed by atoms with van der Waals surface area (Å²) in [4.78, 5) is 14.1. The standard InChI is InChI=1S/C19H25NO4/c1-4-12-8-14-13(9-18(22)24-16(14)10-15(12)21)11-20-7-5-6-17(20)19(2,3)23/h8-10,17,21,23H,4-7,11H2,1-3H3. The van der Waals surface area contributed by atoms with Crippen molar-refractivity contribution in [1.82, 2.24) is 4.90 Å². The summed E-state index contributed by atoms with van der Waals surface area (Å²) in [6.45, 7) is 7.13. The van der Waals surface area contributed by atoms with E-state index in [1.54, 1.807) is 0 Å². The smallest absolute Gasteiger partial charge is 0.336 e. The lowest BCUT2D eigenvalue weighted by atomic mass is 9.96. The molecule has 1 saturated heterocycles. The number of hydrogen-bond donors (Lipinski definition) is 2. The van der Waals surface area contributed by atoms with Crippen molar-refractivity contribution < 1.29 is 14.6 Å². The summed E-state index contributed by atoms with van der Waals surface area (Å²) < 4.78 is 5.26. The molecule has 2 N–H and O–H groups in total. The highest BCUT2D eigenvalue weighted by atomic mass is 16.4. The van der Waals surface area contributed by atoms with Crippen LogP contribution in [0, 0.1) is 0 Å². The van der Waals surface area contributed by atoms with E-state index < -0.39 is 11.2 Å². The Kier molecular flexibility index (Phi) is 4.40. The fourth-order valence-electron chi connectivity index (χ4n) is 3.76. The predicted molar refractivity (Wildman–Crippen MR) is 93.3 cm³/mol. The lowest BCUT2D eigenvalue weighted by Gasteiger charge is -2.34. The van der Waals surface area contributed by atoms with E-state index in [2.05, 4.69) is 4.90 Å². The maximum Gasteiger partial charge on any atom is 0.336 e. The number of fused-ring (bicyclic) bond motifs is 1. The van der Waals surface area contributed by atoms with Gasteiger partial charge in [-0.1, -0.05) is 6.92 Å². The van der Waals surface area contributed by atoms with Gasteiger partial charge in [-0.05, 0) is 56.8 Å². The number of aryl methyl sites for hydroxylation is 1. The molecule has 1 aromatic heterocycles. The Morgan fingerprint density at radius 3 is 2.71 bits per heavy atom. The van der Waals surface area contributed by atoms with Gasteiger partial charge in [-0.3, -0.25) is 4.90 Å². The normalized spacial score (nSPS) is 19.2. The molecule has 0 bridgehead atoms. The fraction of sp³-hybridized carbons (Fsp3) is 0.526. The Balaban J connectivity index is 2.04. The number of benzene rings is 1. The Bertz CT molecular complexity index is 803. The lowest BCUT2D eigenvalue weighted by Crippen LogP contribution is -2.45. The molecule has 3 rings (SSSR count). The van der Waals surface area contributed by atoms with Crippen LogP contribution >= 0.6 is 0 Å². The first-order valence-electron chi connectivity index (χ1n) is 8.54. The van der Waals surface area contributed by atoms with Gasteiger partial charge in [-0.2, -0.15) is 0 Å². The molecule has 0 radical (unpaired) electrons. The number of phenols is 1. The molecule has 5 nitrogen and oxygen atoms in total. The first kappa shape index (κ1) is 17.0.